The van der Waals surface area contributed by atoms with Crippen LogP contribution in [0.4, 0.5) is 0 Å². The lowest BCUT2D eigenvalue weighted by molar-refractivity contribution is -0.120. The van der Waals surface area contributed by atoms with Crippen LogP contribution < -0.4 is 5.73 Å². The molecule has 2 N–H and O–H groups in total. The Morgan fingerprint density at radius 1 is 1.61 bits per heavy atom. The highest BCUT2D eigenvalue weighted by atomic mass is 16.5. The first-order valence-corrected chi connectivity index (χ1v) is 6.33. The van der Waals surface area contributed by atoms with Crippen LogP contribution in [0.5, 0.6) is 0 Å². The number of ether oxygens (including phenoxy) is 1. The van der Waals surface area contributed by atoms with Crippen LogP contribution in [0.1, 0.15) is 32.0 Å². The Hall–Kier alpha value is -1.27. The summed E-state index contributed by atoms with van der Waals surface area (Å²) in [5, 5.41) is 4.09. The summed E-state index contributed by atoms with van der Waals surface area (Å²) in [7, 11) is 1.64. The maximum Gasteiger partial charge on any atom is 0.157 e. The minimum Gasteiger partial charge on any atom is -0.385 e. The molecule has 0 saturated heterocycles. The first-order chi connectivity index (χ1) is 8.69. The minimum atomic E-state index is -0.438. The van der Waals surface area contributed by atoms with Gasteiger partial charge in [-0.15, -0.1) is 0 Å². The number of nitrogens with zero attached hydrogens (tertiary/aromatic N) is 3. The monoisotopic (exact) mass is 254 g/mol. The predicted molar refractivity (Wildman–Crippen MR) is 68.1 cm³/mol. The van der Waals surface area contributed by atoms with E-state index in [0.29, 0.717) is 18.9 Å². The van der Waals surface area contributed by atoms with Crippen LogP contribution in [-0.2, 0) is 22.5 Å². The van der Waals surface area contributed by atoms with Gasteiger partial charge in [0, 0.05) is 20.3 Å². The summed E-state index contributed by atoms with van der Waals surface area (Å²) in [6, 6.07) is -0.438. The molecule has 1 rings (SSSR count). The molecule has 0 aliphatic rings. The van der Waals surface area contributed by atoms with Crippen molar-refractivity contribution in [2.45, 2.75) is 45.2 Å². The van der Waals surface area contributed by atoms with Gasteiger partial charge in [-0.1, -0.05) is 6.92 Å². The van der Waals surface area contributed by atoms with Crippen LogP contribution in [0.15, 0.2) is 6.33 Å². The van der Waals surface area contributed by atoms with E-state index in [4.69, 9.17) is 10.5 Å². The number of Topliss-reactive ketones (excluding diaryl/α,β-unsaturated/α-hetero) is 1. The molecule has 1 heterocycles. The number of aromatic nitrogens is 3. The molecule has 0 bridgehead atoms. The Balaban J connectivity index is 2.45. The zero-order valence-electron chi connectivity index (χ0n) is 11.1. The fraction of sp³-hybridized carbons (Fsp3) is 0.750. The lowest BCUT2D eigenvalue weighted by atomic mass is 10.1. The normalized spacial score (nSPS) is 12.6. The van der Waals surface area contributed by atoms with Gasteiger partial charge in [-0.05, 0) is 19.3 Å². The second kappa shape index (κ2) is 7.94. The number of methoxy groups -OCH3 is 1. The molecule has 0 saturated carbocycles. The topological polar surface area (TPSA) is 83.0 Å². The molecular weight excluding hydrogens is 232 g/mol. The third-order valence-electron chi connectivity index (χ3n) is 2.74. The van der Waals surface area contributed by atoms with Gasteiger partial charge in [0.15, 0.2) is 5.78 Å². The molecule has 0 aliphatic carbocycles. The van der Waals surface area contributed by atoms with Gasteiger partial charge in [-0.25, -0.2) is 9.67 Å². The van der Waals surface area contributed by atoms with Crippen LogP contribution in [0.3, 0.4) is 0 Å². The van der Waals surface area contributed by atoms with Crippen molar-refractivity contribution in [1.29, 1.82) is 0 Å². The summed E-state index contributed by atoms with van der Waals surface area (Å²) in [5.74, 6) is 0.709. The second-order valence-electron chi connectivity index (χ2n) is 4.28. The molecule has 1 aromatic heterocycles. The van der Waals surface area contributed by atoms with Crippen molar-refractivity contribution < 1.29 is 9.53 Å². The summed E-state index contributed by atoms with van der Waals surface area (Å²) in [4.78, 5) is 16.0. The maximum atomic E-state index is 11.9. The molecule has 6 heteroatoms. The molecule has 0 spiro atoms. The second-order valence-corrected chi connectivity index (χ2v) is 4.28. The summed E-state index contributed by atoms with van der Waals surface area (Å²) >= 11 is 0. The van der Waals surface area contributed by atoms with Gasteiger partial charge >= 0.3 is 0 Å². The van der Waals surface area contributed by atoms with Crippen molar-refractivity contribution in [3.05, 3.63) is 12.2 Å². The molecule has 0 fully saturated rings. The van der Waals surface area contributed by atoms with E-state index in [0.717, 1.165) is 19.4 Å². The summed E-state index contributed by atoms with van der Waals surface area (Å²) in [5.41, 5.74) is 5.84. The van der Waals surface area contributed by atoms with Crippen molar-refractivity contribution in [2.75, 3.05) is 13.7 Å². The van der Waals surface area contributed by atoms with E-state index in [1.165, 1.54) is 6.33 Å². The van der Waals surface area contributed by atoms with Gasteiger partial charge in [-0.2, -0.15) is 5.10 Å². The Kier molecular flexibility index (Phi) is 6.53. The number of ketones is 1. The Morgan fingerprint density at radius 2 is 2.39 bits per heavy atom. The van der Waals surface area contributed by atoms with Crippen LogP contribution >= 0.6 is 0 Å². The third-order valence-corrected chi connectivity index (χ3v) is 2.74. The Labute approximate surface area is 108 Å². The number of aryl methyl sites for hydroxylation is 1. The van der Waals surface area contributed by atoms with Crippen molar-refractivity contribution in [2.24, 2.45) is 5.73 Å². The van der Waals surface area contributed by atoms with E-state index in [1.54, 1.807) is 11.8 Å². The van der Waals surface area contributed by atoms with Gasteiger partial charge in [0.05, 0.1) is 12.5 Å². The van der Waals surface area contributed by atoms with E-state index in [9.17, 15) is 4.79 Å². The lowest BCUT2D eigenvalue weighted by Crippen LogP contribution is -2.32. The number of hydrogen-bond acceptors (Lipinski definition) is 5. The average Bonchev–Trinajstić information content (AvgIpc) is 2.77. The number of carbonyl (C=O) groups excluding carboxylic acids is 1. The highest BCUT2D eigenvalue weighted by Gasteiger charge is 2.16. The fourth-order valence-electron chi connectivity index (χ4n) is 1.72. The van der Waals surface area contributed by atoms with E-state index < -0.39 is 6.04 Å². The zero-order valence-corrected chi connectivity index (χ0v) is 11.1. The lowest BCUT2D eigenvalue weighted by Gasteiger charge is -2.10. The quantitative estimate of drug-likeness (QED) is 0.651. The van der Waals surface area contributed by atoms with Gasteiger partial charge in [0.1, 0.15) is 12.2 Å². The molecule has 18 heavy (non-hydrogen) atoms. The highest BCUT2D eigenvalue weighted by molar-refractivity contribution is 5.85. The summed E-state index contributed by atoms with van der Waals surface area (Å²) < 4.78 is 6.70. The standard InChI is InChI=1S/C12H22N4O2/c1-3-6-16-12(14-9-15-16)8-11(17)10(13)5-4-7-18-2/h9-10H,3-8,13H2,1-2H3. The van der Waals surface area contributed by atoms with Crippen molar-refractivity contribution >= 4 is 5.78 Å². The van der Waals surface area contributed by atoms with E-state index >= 15 is 0 Å². The maximum absolute atomic E-state index is 11.9. The van der Waals surface area contributed by atoms with Gasteiger partial charge in [0.25, 0.3) is 0 Å². The minimum absolute atomic E-state index is 0.0106. The fourth-order valence-corrected chi connectivity index (χ4v) is 1.72. The van der Waals surface area contributed by atoms with Crippen LogP contribution in [0.2, 0.25) is 0 Å². The molecule has 102 valence electrons. The molecule has 1 unspecified atom stereocenters. The number of rotatable bonds is 9. The zero-order chi connectivity index (χ0) is 13.4. The smallest absolute Gasteiger partial charge is 0.157 e. The van der Waals surface area contributed by atoms with Crippen molar-refractivity contribution in [3.63, 3.8) is 0 Å². The Bertz CT molecular complexity index is 365. The number of carbonyl (C=O) groups is 1. The van der Waals surface area contributed by atoms with Crippen LogP contribution in [-0.4, -0.2) is 40.3 Å². The molecule has 0 aromatic carbocycles. The Morgan fingerprint density at radius 3 is 3.06 bits per heavy atom. The van der Waals surface area contributed by atoms with Gasteiger partial charge < -0.3 is 10.5 Å². The van der Waals surface area contributed by atoms with Gasteiger partial charge in [-0.3, -0.25) is 4.79 Å². The average molecular weight is 254 g/mol. The number of hydrogen-bond donors (Lipinski definition) is 1. The molecule has 0 aliphatic heterocycles. The largest absolute Gasteiger partial charge is 0.385 e. The molecule has 0 radical (unpaired) electrons. The molecule has 1 aromatic rings. The summed E-state index contributed by atoms with van der Waals surface area (Å²) in [6.07, 6.45) is 4.15. The molecule has 1 atom stereocenters. The molecule has 6 nitrogen and oxygen atoms in total. The SMILES string of the molecule is CCCn1ncnc1CC(=O)C(N)CCCOC. The number of nitrogens with two attached hydrogens (primary N) is 1. The third kappa shape index (κ3) is 4.54. The van der Waals surface area contributed by atoms with E-state index in [-0.39, 0.29) is 12.2 Å². The van der Waals surface area contributed by atoms with Crippen LogP contribution in [0, 0.1) is 0 Å². The predicted octanol–water partition coefficient (Wildman–Crippen LogP) is 0.554. The van der Waals surface area contributed by atoms with Crippen molar-refractivity contribution in [3.8, 4) is 0 Å². The highest BCUT2D eigenvalue weighted by Crippen LogP contribution is 2.03. The van der Waals surface area contributed by atoms with E-state index in [1.807, 2.05) is 0 Å². The molecule has 0 amide bonds. The summed E-state index contributed by atoms with van der Waals surface area (Å²) in [6.45, 7) is 3.47. The van der Waals surface area contributed by atoms with Gasteiger partial charge in [0.2, 0.25) is 0 Å². The van der Waals surface area contributed by atoms with Crippen LogP contribution in [0.25, 0.3) is 0 Å². The first-order valence-electron chi connectivity index (χ1n) is 6.33. The van der Waals surface area contributed by atoms with Crippen molar-refractivity contribution in [1.82, 2.24) is 14.8 Å². The molecular formula is C12H22N4O2. The first kappa shape index (κ1) is 14.8. The van der Waals surface area contributed by atoms with E-state index in [2.05, 4.69) is 17.0 Å².